The van der Waals surface area contributed by atoms with Crippen molar-refractivity contribution >= 4 is 35.0 Å². The van der Waals surface area contributed by atoms with Crippen molar-refractivity contribution in [3.8, 4) is 0 Å². The molecule has 0 atom stereocenters. The first-order valence-electron chi connectivity index (χ1n) is 9.84. The van der Waals surface area contributed by atoms with E-state index in [9.17, 15) is 4.79 Å². The number of nitrogens with zero attached hydrogens (tertiary/aromatic N) is 4. The summed E-state index contributed by atoms with van der Waals surface area (Å²) < 4.78 is 1.79. The smallest absolute Gasteiger partial charge is 0.253 e. The largest absolute Gasteiger partial charge is 0.355 e. The minimum absolute atomic E-state index is 0.0349. The van der Waals surface area contributed by atoms with E-state index in [0.717, 1.165) is 42.6 Å². The Morgan fingerprint density at radius 2 is 1.93 bits per heavy atom. The molecule has 0 saturated carbocycles. The Hall–Kier alpha value is -2.12. The second-order valence-corrected chi connectivity index (χ2v) is 8.36. The molecule has 6 nitrogen and oxygen atoms in total. The first-order chi connectivity index (χ1) is 14.0. The number of nitrogens with one attached hydrogen (secondary N) is 1. The van der Waals surface area contributed by atoms with Crippen LogP contribution in [-0.2, 0) is 17.6 Å². The number of amides is 1. The van der Waals surface area contributed by atoms with Crippen LogP contribution in [0.25, 0.3) is 5.78 Å². The monoisotopic (exact) mass is 431 g/mol. The fourth-order valence-corrected chi connectivity index (χ4v) is 3.92. The number of unbranched alkanes of at least 4 members (excludes halogenated alkanes) is 1. The van der Waals surface area contributed by atoms with Crippen molar-refractivity contribution in [2.45, 2.75) is 51.6 Å². The van der Waals surface area contributed by atoms with Crippen molar-refractivity contribution in [2.24, 2.45) is 0 Å². The molecule has 0 aliphatic heterocycles. The lowest BCUT2D eigenvalue weighted by atomic mass is 10.1. The van der Waals surface area contributed by atoms with Gasteiger partial charge in [-0.3, -0.25) is 4.79 Å². The third-order valence-electron chi connectivity index (χ3n) is 4.79. The Morgan fingerprint density at radius 3 is 2.66 bits per heavy atom. The molecule has 0 unspecified atom stereocenters. The number of hydrogen-bond acceptors (Lipinski definition) is 5. The van der Waals surface area contributed by atoms with Gasteiger partial charge in [-0.1, -0.05) is 48.8 Å². The van der Waals surface area contributed by atoms with E-state index in [2.05, 4.69) is 34.2 Å². The van der Waals surface area contributed by atoms with Gasteiger partial charge in [0.15, 0.2) is 0 Å². The summed E-state index contributed by atoms with van der Waals surface area (Å²) in [5, 5.41) is 8.76. The van der Waals surface area contributed by atoms with Gasteiger partial charge in [-0.15, -0.1) is 5.10 Å². The third-order valence-corrected chi connectivity index (χ3v) is 5.88. The summed E-state index contributed by atoms with van der Waals surface area (Å²) in [6.45, 7) is 6.84. The van der Waals surface area contributed by atoms with Crippen LogP contribution in [-0.4, -0.2) is 37.8 Å². The Kier molecular flexibility index (Phi) is 7.50. The predicted molar refractivity (Wildman–Crippen MR) is 118 cm³/mol. The molecular weight excluding hydrogens is 406 g/mol. The fraction of sp³-hybridized carbons (Fsp3) is 0.429. The Labute approximate surface area is 180 Å². The van der Waals surface area contributed by atoms with E-state index in [0.29, 0.717) is 22.5 Å². The topological polar surface area (TPSA) is 72.2 Å². The summed E-state index contributed by atoms with van der Waals surface area (Å²) in [5.74, 6) is 0.830. The van der Waals surface area contributed by atoms with Crippen LogP contribution in [0.3, 0.4) is 0 Å². The molecule has 1 N–H and O–H groups in total. The maximum atomic E-state index is 12.1. The molecule has 8 heteroatoms. The van der Waals surface area contributed by atoms with Crippen molar-refractivity contribution in [2.75, 3.05) is 12.3 Å². The van der Waals surface area contributed by atoms with Gasteiger partial charge >= 0.3 is 0 Å². The first kappa shape index (κ1) is 21.6. The molecule has 29 heavy (non-hydrogen) atoms. The standard InChI is InChI=1S/C21H26ClN5OS/c1-4-5-6-18-14(2)24-20-25-21(26-27(20)15(18)3)29-13-19(28)23-12-11-16-7-9-17(22)10-8-16/h7-10H,4-6,11-13H2,1-3H3,(H,23,28). The number of carbonyl (C=O) groups excluding carboxylic acids is 1. The summed E-state index contributed by atoms with van der Waals surface area (Å²) in [4.78, 5) is 21.2. The van der Waals surface area contributed by atoms with Crippen LogP contribution in [0.2, 0.25) is 5.02 Å². The van der Waals surface area contributed by atoms with Gasteiger partial charge in [0, 0.05) is 23.0 Å². The number of hydrogen-bond donors (Lipinski definition) is 1. The van der Waals surface area contributed by atoms with Gasteiger partial charge in [-0.25, -0.2) is 9.50 Å². The Morgan fingerprint density at radius 1 is 1.17 bits per heavy atom. The quantitative estimate of drug-likeness (QED) is 0.514. The third kappa shape index (κ3) is 5.70. The molecule has 1 aromatic carbocycles. The highest BCUT2D eigenvalue weighted by Gasteiger charge is 2.14. The van der Waals surface area contributed by atoms with Crippen LogP contribution >= 0.6 is 23.4 Å². The van der Waals surface area contributed by atoms with E-state index in [1.165, 1.54) is 17.3 Å². The second-order valence-electron chi connectivity index (χ2n) is 6.99. The van der Waals surface area contributed by atoms with Crippen molar-refractivity contribution in [1.82, 2.24) is 24.9 Å². The average molecular weight is 432 g/mol. The number of benzene rings is 1. The van der Waals surface area contributed by atoms with Crippen LogP contribution in [0.15, 0.2) is 29.4 Å². The van der Waals surface area contributed by atoms with Gasteiger partial charge in [-0.05, 0) is 56.4 Å². The zero-order chi connectivity index (χ0) is 20.8. The molecule has 2 aromatic heterocycles. The summed E-state index contributed by atoms with van der Waals surface area (Å²) in [6, 6.07) is 7.65. The molecule has 0 fully saturated rings. The highest BCUT2D eigenvalue weighted by Crippen LogP contribution is 2.19. The Bertz CT molecular complexity index is 987. The molecule has 0 aliphatic rings. The minimum atomic E-state index is -0.0349. The van der Waals surface area contributed by atoms with Crippen molar-refractivity contribution < 1.29 is 4.79 Å². The normalized spacial score (nSPS) is 11.2. The SMILES string of the molecule is CCCCc1c(C)nc2nc(SCC(=O)NCCc3ccc(Cl)cc3)nn2c1C. The molecule has 3 aromatic rings. The van der Waals surface area contributed by atoms with E-state index < -0.39 is 0 Å². The summed E-state index contributed by atoms with van der Waals surface area (Å²) >= 11 is 7.21. The van der Waals surface area contributed by atoms with E-state index in [1.807, 2.05) is 31.2 Å². The lowest BCUT2D eigenvalue weighted by molar-refractivity contribution is -0.118. The highest BCUT2D eigenvalue weighted by molar-refractivity contribution is 7.99. The fourth-order valence-electron chi connectivity index (χ4n) is 3.14. The zero-order valence-electron chi connectivity index (χ0n) is 17.0. The number of thioether (sulfide) groups is 1. The van der Waals surface area contributed by atoms with Gasteiger partial charge in [0.05, 0.1) is 5.75 Å². The number of rotatable bonds is 9. The molecule has 0 spiro atoms. The maximum absolute atomic E-state index is 12.1. The van der Waals surface area contributed by atoms with Crippen LogP contribution < -0.4 is 5.32 Å². The van der Waals surface area contributed by atoms with Gasteiger partial charge in [0.1, 0.15) is 0 Å². The lowest BCUT2D eigenvalue weighted by Gasteiger charge is -2.09. The van der Waals surface area contributed by atoms with Crippen LogP contribution in [0, 0.1) is 13.8 Å². The number of aromatic nitrogens is 4. The summed E-state index contributed by atoms with van der Waals surface area (Å²) in [7, 11) is 0. The van der Waals surface area contributed by atoms with Gasteiger partial charge < -0.3 is 5.32 Å². The van der Waals surface area contributed by atoms with Crippen LogP contribution in [0.5, 0.6) is 0 Å². The van der Waals surface area contributed by atoms with E-state index in [-0.39, 0.29) is 11.7 Å². The molecule has 0 radical (unpaired) electrons. The van der Waals surface area contributed by atoms with Gasteiger partial charge in [0.2, 0.25) is 11.1 Å². The summed E-state index contributed by atoms with van der Waals surface area (Å²) in [5.41, 5.74) is 4.46. The second kappa shape index (κ2) is 10.1. The molecule has 2 heterocycles. The molecular formula is C21H26ClN5OS. The Balaban J connectivity index is 1.55. The van der Waals surface area contributed by atoms with Gasteiger partial charge in [-0.2, -0.15) is 4.98 Å². The number of aryl methyl sites for hydroxylation is 2. The number of fused-ring (bicyclic) bond motifs is 1. The van der Waals surface area contributed by atoms with Crippen molar-refractivity contribution in [3.05, 3.63) is 51.8 Å². The highest BCUT2D eigenvalue weighted by atomic mass is 35.5. The van der Waals surface area contributed by atoms with Crippen LogP contribution in [0.4, 0.5) is 0 Å². The maximum Gasteiger partial charge on any atom is 0.253 e. The number of carbonyl (C=O) groups is 1. The number of halogens is 1. The van der Waals surface area contributed by atoms with E-state index in [1.54, 1.807) is 4.52 Å². The molecule has 0 aliphatic carbocycles. The van der Waals surface area contributed by atoms with Crippen molar-refractivity contribution in [3.63, 3.8) is 0 Å². The summed E-state index contributed by atoms with van der Waals surface area (Å²) in [6.07, 6.45) is 4.03. The zero-order valence-corrected chi connectivity index (χ0v) is 18.6. The van der Waals surface area contributed by atoms with Gasteiger partial charge in [0.25, 0.3) is 5.78 Å². The minimum Gasteiger partial charge on any atom is -0.355 e. The van der Waals surface area contributed by atoms with Crippen molar-refractivity contribution in [1.29, 1.82) is 0 Å². The van der Waals surface area contributed by atoms with E-state index >= 15 is 0 Å². The van der Waals surface area contributed by atoms with E-state index in [4.69, 9.17) is 11.6 Å². The first-order valence-corrected chi connectivity index (χ1v) is 11.2. The molecule has 0 bridgehead atoms. The average Bonchev–Trinajstić information content (AvgIpc) is 3.11. The molecule has 3 rings (SSSR count). The molecule has 154 valence electrons. The van der Waals surface area contributed by atoms with Crippen LogP contribution in [0.1, 0.15) is 42.3 Å². The molecule has 1 amide bonds. The molecule has 0 saturated heterocycles. The predicted octanol–water partition coefficient (Wildman–Crippen LogP) is 4.19. The lowest BCUT2D eigenvalue weighted by Crippen LogP contribution is -2.27.